The number of hydrogen-bond acceptors (Lipinski definition) is 3. The molecule has 6 heteroatoms. The van der Waals surface area contributed by atoms with E-state index in [9.17, 15) is 13.5 Å². The van der Waals surface area contributed by atoms with Gasteiger partial charge < -0.3 is 5.11 Å². The van der Waals surface area contributed by atoms with Gasteiger partial charge >= 0.3 is 0 Å². The van der Waals surface area contributed by atoms with Gasteiger partial charge in [0.15, 0.2) is 5.71 Å². The standard InChI is InChI=1S/C25H25NO4S/c1-25(2)21-10-5-6-11-22(21)26(16-7-17-31(28,29)30)24(25)15-13-20-19-9-4-3-8-18(19)12-14-23(20)27/h3-6,8-15H,7,16-17H2,1-2H3,(H,28,29,30)/p+1. The normalized spacial score (nSPS) is 15.7. The van der Waals surface area contributed by atoms with Crippen LogP contribution in [0.2, 0.25) is 0 Å². The summed E-state index contributed by atoms with van der Waals surface area (Å²) in [5, 5.41) is 12.5. The third-order valence-corrected chi connectivity index (χ3v) is 6.74. The van der Waals surface area contributed by atoms with Crippen molar-refractivity contribution in [2.24, 2.45) is 0 Å². The van der Waals surface area contributed by atoms with E-state index in [1.54, 1.807) is 6.07 Å². The molecule has 0 saturated heterocycles. The van der Waals surface area contributed by atoms with Crippen molar-refractivity contribution < 1.29 is 22.7 Å². The number of hydrogen-bond donors (Lipinski definition) is 2. The molecule has 0 radical (unpaired) electrons. The van der Waals surface area contributed by atoms with E-state index in [1.165, 1.54) is 0 Å². The Morgan fingerprint density at radius 2 is 1.68 bits per heavy atom. The molecule has 0 aromatic heterocycles. The van der Waals surface area contributed by atoms with Gasteiger partial charge in [-0.1, -0.05) is 48.5 Å². The van der Waals surface area contributed by atoms with Crippen LogP contribution in [0, 0.1) is 0 Å². The monoisotopic (exact) mass is 436 g/mol. The van der Waals surface area contributed by atoms with Gasteiger partial charge in [-0.15, -0.1) is 0 Å². The minimum atomic E-state index is -4.01. The molecule has 3 aromatic carbocycles. The van der Waals surface area contributed by atoms with E-state index in [-0.39, 0.29) is 16.9 Å². The van der Waals surface area contributed by atoms with Crippen molar-refractivity contribution >= 4 is 38.4 Å². The maximum absolute atomic E-state index is 11.2. The lowest BCUT2D eigenvalue weighted by Crippen LogP contribution is -2.28. The van der Waals surface area contributed by atoms with Gasteiger partial charge in [-0.3, -0.25) is 4.55 Å². The van der Waals surface area contributed by atoms with E-state index in [1.807, 2.05) is 60.7 Å². The summed E-state index contributed by atoms with van der Waals surface area (Å²) in [5.74, 6) is -0.0745. The molecule has 1 heterocycles. The third-order valence-electron chi connectivity index (χ3n) is 5.94. The fourth-order valence-corrected chi connectivity index (χ4v) is 4.90. The summed E-state index contributed by atoms with van der Waals surface area (Å²) >= 11 is 0. The molecule has 4 rings (SSSR count). The van der Waals surface area contributed by atoms with Crippen LogP contribution in [0.15, 0.2) is 66.7 Å². The molecule has 0 amide bonds. The Morgan fingerprint density at radius 1 is 0.968 bits per heavy atom. The number of phenolic OH excluding ortho intramolecular Hbond substituents is 1. The number of rotatable bonds is 6. The summed E-state index contributed by atoms with van der Waals surface area (Å²) < 4.78 is 33.7. The van der Waals surface area contributed by atoms with Gasteiger partial charge in [0.1, 0.15) is 12.3 Å². The minimum Gasteiger partial charge on any atom is -0.507 e. The van der Waals surface area contributed by atoms with Crippen molar-refractivity contribution in [2.45, 2.75) is 25.7 Å². The zero-order valence-electron chi connectivity index (χ0n) is 17.6. The maximum Gasteiger partial charge on any atom is 0.265 e. The molecule has 5 nitrogen and oxygen atoms in total. The highest BCUT2D eigenvalue weighted by Gasteiger charge is 2.43. The highest BCUT2D eigenvalue weighted by Crippen LogP contribution is 2.40. The maximum atomic E-state index is 11.2. The predicted octanol–water partition coefficient (Wildman–Crippen LogP) is 4.91. The predicted molar refractivity (Wildman–Crippen MR) is 125 cm³/mol. The van der Waals surface area contributed by atoms with E-state index in [0.717, 1.165) is 33.3 Å². The molecule has 0 saturated carbocycles. The molecule has 2 N–H and O–H groups in total. The highest BCUT2D eigenvalue weighted by atomic mass is 32.2. The van der Waals surface area contributed by atoms with Crippen molar-refractivity contribution in [3.63, 3.8) is 0 Å². The average Bonchev–Trinajstić information content (AvgIpc) is 2.93. The topological polar surface area (TPSA) is 77.6 Å². The summed E-state index contributed by atoms with van der Waals surface area (Å²) in [6.07, 6.45) is 4.24. The molecule has 1 aliphatic rings. The molecule has 0 fully saturated rings. The molecule has 31 heavy (non-hydrogen) atoms. The molecular formula is C25H26NO4S+. The molecule has 0 spiro atoms. The average molecular weight is 437 g/mol. The summed E-state index contributed by atoms with van der Waals surface area (Å²) in [7, 11) is -4.01. The van der Waals surface area contributed by atoms with Crippen LogP contribution in [0.1, 0.15) is 31.4 Å². The van der Waals surface area contributed by atoms with Crippen molar-refractivity contribution in [1.82, 2.24) is 0 Å². The van der Waals surface area contributed by atoms with E-state index in [4.69, 9.17) is 4.55 Å². The van der Waals surface area contributed by atoms with E-state index in [2.05, 4.69) is 24.5 Å². The van der Waals surface area contributed by atoms with E-state index < -0.39 is 10.1 Å². The lowest BCUT2D eigenvalue weighted by atomic mass is 9.81. The van der Waals surface area contributed by atoms with Crippen molar-refractivity contribution in [3.8, 4) is 5.75 Å². The number of aromatic hydroxyl groups is 1. The largest absolute Gasteiger partial charge is 0.507 e. The fourth-order valence-electron chi connectivity index (χ4n) is 4.41. The van der Waals surface area contributed by atoms with Crippen molar-refractivity contribution in [3.05, 3.63) is 77.9 Å². The summed E-state index contributed by atoms with van der Waals surface area (Å²) in [5.41, 5.74) is 3.64. The van der Waals surface area contributed by atoms with Crippen molar-refractivity contribution in [2.75, 3.05) is 12.3 Å². The number of fused-ring (bicyclic) bond motifs is 2. The molecule has 0 aliphatic carbocycles. The molecule has 3 aromatic rings. The Balaban J connectivity index is 1.80. The van der Waals surface area contributed by atoms with Crippen LogP contribution >= 0.6 is 0 Å². The smallest absolute Gasteiger partial charge is 0.265 e. The second kappa shape index (κ2) is 7.94. The Hall–Kier alpha value is -2.96. The third kappa shape index (κ3) is 4.13. The molecule has 0 atom stereocenters. The first-order valence-electron chi connectivity index (χ1n) is 10.3. The first-order valence-corrected chi connectivity index (χ1v) is 11.9. The number of phenols is 1. The van der Waals surface area contributed by atoms with Crippen LogP contribution in [0.3, 0.4) is 0 Å². The minimum absolute atomic E-state index is 0.210. The number of nitrogens with zero attached hydrogens (tertiary/aromatic N) is 1. The van der Waals surface area contributed by atoms with Gasteiger partial charge in [0.05, 0.1) is 11.2 Å². The van der Waals surface area contributed by atoms with Gasteiger partial charge in [0, 0.05) is 29.7 Å². The quantitative estimate of drug-likeness (QED) is 0.425. The number of para-hydroxylation sites is 1. The lowest BCUT2D eigenvalue weighted by Gasteiger charge is -2.15. The molecule has 0 bridgehead atoms. The van der Waals surface area contributed by atoms with Gasteiger partial charge in [0.25, 0.3) is 10.1 Å². The van der Waals surface area contributed by atoms with Crippen molar-refractivity contribution in [1.29, 1.82) is 0 Å². The second-order valence-electron chi connectivity index (χ2n) is 8.37. The fraction of sp³-hybridized carbons (Fsp3) is 0.240. The van der Waals surface area contributed by atoms with E-state index in [0.29, 0.717) is 13.0 Å². The molecular weight excluding hydrogens is 410 g/mol. The second-order valence-corrected chi connectivity index (χ2v) is 9.94. The first-order chi connectivity index (χ1) is 14.7. The van der Waals surface area contributed by atoms with Crippen LogP contribution < -0.4 is 0 Å². The number of allylic oxidation sites excluding steroid dienone is 1. The van der Waals surface area contributed by atoms with Crippen LogP contribution in [0.4, 0.5) is 5.69 Å². The highest BCUT2D eigenvalue weighted by molar-refractivity contribution is 7.85. The van der Waals surface area contributed by atoms with Gasteiger partial charge in [-0.25, -0.2) is 0 Å². The summed E-state index contributed by atoms with van der Waals surface area (Å²) in [4.78, 5) is 0. The summed E-state index contributed by atoms with van der Waals surface area (Å²) in [6, 6.07) is 19.6. The van der Waals surface area contributed by atoms with Gasteiger partial charge in [0.2, 0.25) is 5.69 Å². The Morgan fingerprint density at radius 3 is 2.45 bits per heavy atom. The zero-order chi connectivity index (χ0) is 22.2. The first kappa shape index (κ1) is 21.3. The molecule has 0 unspecified atom stereocenters. The lowest BCUT2D eigenvalue weighted by molar-refractivity contribution is -0.437. The van der Waals surface area contributed by atoms with Gasteiger partial charge in [-0.2, -0.15) is 13.0 Å². The van der Waals surface area contributed by atoms with Crippen LogP contribution in [0.25, 0.3) is 16.8 Å². The van der Waals surface area contributed by atoms with Crippen LogP contribution in [-0.4, -0.2) is 40.7 Å². The van der Waals surface area contributed by atoms with Gasteiger partial charge in [-0.05, 0) is 36.8 Å². The molecule has 1 aliphatic heterocycles. The van der Waals surface area contributed by atoms with E-state index >= 15 is 0 Å². The Labute approximate surface area is 182 Å². The van der Waals surface area contributed by atoms with Crippen LogP contribution in [0.5, 0.6) is 5.75 Å². The SMILES string of the molecule is CC1(C)C(/C=C/c2c(O)ccc3ccccc23)=[N+](CCCS(=O)(=O)O)c2ccccc21. The molecule has 160 valence electrons. The Kier molecular flexibility index (Phi) is 5.45. The number of benzene rings is 3. The Bertz CT molecular complexity index is 1320. The zero-order valence-corrected chi connectivity index (χ0v) is 18.4. The summed E-state index contributed by atoms with van der Waals surface area (Å²) in [6.45, 7) is 4.73. The van der Waals surface area contributed by atoms with Crippen LogP contribution in [-0.2, 0) is 15.5 Å².